The average molecular weight is 294 g/mol. The van der Waals surface area contributed by atoms with Gasteiger partial charge in [0.15, 0.2) is 5.76 Å². The number of nitrogens with two attached hydrogens (primary N) is 1. The first kappa shape index (κ1) is 15.0. The molecule has 1 saturated carbocycles. The fourth-order valence-electron chi connectivity index (χ4n) is 2.95. The standard InChI is InChI=1S/C15H22N2O2S/c1-11-5-2-3-6-12(11)17(9-8-14(16)20)15(18)13-7-4-10-19-13/h4,7,10-12H,2-3,5-6,8-9H2,1H3,(H2,16,20). The molecule has 20 heavy (non-hydrogen) atoms. The van der Waals surface area contributed by atoms with Gasteiger partial charge in [-0.3, -0.25) is 4.79 Å². The number of amides is 1. The third kappa shape index (κ3) is 3.60. The molecule has 1 aliphatic rings. The van der Waals surface area contributed by atoms with Gasteiger partial charge in [0.05, 0.1) is 11.3 Å². The van der Waals surface area contributed by atoms with Crippen LogP contribution in [0.2, 0.25) is 0 Å². The SMILES string of the molecule is CC1CCCCC1N(CCC(N)=S)C(=O)c1ccco1. The molecule has 1 amide bonds. The van der Waals surface area contributed by atoms with E-state index in [1.807, 2.05) is 4.90 Å². The Hall–Kier alpha value is -1.36. The topological polar surface area (TPSA) is 59.5 Å². The van der Waals surface area contributed by atoms with Crippen LogP contribution in [0.15, 0.2) is 22.8 Å². The van der Waals surface area contributed by atoms with Crippen LogP contribution in [0.1, 0.15) is 49.6 Å². The molecule has 2 rings (SSSR count). The Morgan fingerprint density at radius 3 is 2.85 bits per heavy atom. The van der Waals surface area contributed by atoms with Crippen LogP contribution in [0.4, 0.5) is 0 Å². The lowest BCUT2D eigenvalue weighted by Gasteiger charge is -2.38. The summed E-state index contributed by atoms with van der Waals surface area (Å²) in [5.74, 6) is 0.852. The highest BCUT2D eigenvalue weighted by Gasteiger charge is 2.31. The molecule has 2 atom stereocenters. The number of carbonyl (C=O) groups is 1. The minimum atomic E-state index is -0.0509. The Balaban J connectivity index is 2.14. The molecule has 110 valence electrons. The Kier molecular flexibility index (Phi) is 5.17. The van der Waals surface area contributed by atoms with Crippen molar-refractivity contribution in [1.29, 1.82) is 0 Å². The number of thiocarbonyl (C=S) groups is 1. The molecule has 4 nitrogen and oxygen atoms in total. The second-order valence-electron chi connectivity index (χ2n) is 5.52. The number of hydrogen-bond donors (Lipinski definition) is 1. The maximum Gasteiger partial charge on any atom is 0.289 e. The highest BCUT2D eigenvalue weighted by molar-refractivity contribution is 7.80. The van der Waals surface area contributed by atoms with Crippen molar-refractivity contribution in [3.63, 3.8) is 0 Å². The summed E-state index contributed by atoms with van der Waals surface area (Å²) >= 11 is 4.95. The second kappa shape index (κ2) is 6.88. The molecule has 0 radical (unpaired) electrons. The normalized spacial score (nSPS) is 22.4. The second-order valence-corrected chi connectivity index (χ2v) is 6.05. The van der Waals surface area contributed by atoms with Crippen molar-refractivity contribution in [3.05, 3.63) is 24.2 Å². The maximum absolute atomic E-state index is 12.6. The number of furan rings is 1. The van der Waals surface area contributed by atoms with Gasteiger partial charge in [-0.2, -0.15) is 0 Å². The van der Waals surface area contributed by atoms with E-state index in [0.29, 0.717) is 29.6 Å². The van der Waals surface area contributed by atoms with Gasteiger partial charge in [0.2, 0.25) is 0 Å². The molecule has 2 N–H and O–H groups in total. The smallest absolute Gasteiger partial charge is 0.289 e. The van der Waals surface area contributed by atoms with Crippen LogP contribution in [0.5, 0.6) is 0 Å². The molecule has 1 aromatic heterocycles. The zero-order valence-corrected chi connectivity index (χ0v) is 12.7. The average Bonchev–Trinajstić information content (AvgIpc) is 2.94. The van der Waals surface area contributed by atoms with Crippen LogP contribution in [0.25, 0.3) is 0 Å². The van der Waals surface area contributed by atoms with Gasteiger partial charge < -0.3 is 15.1 Å². The predicted octanol–water partition coefficient (Wildman–Crippen LogP) is 2.98. The molecular weight excluding hydrogens is 272 g/mol. The number of rotatable bonds is 5. The van der Waals surface area contributed by atoms with E-state index in [1.54, 1.807) is 12.1 Å². The van der Waals surface area contributed by atoms with Crippen molar-refractivity contribution < 1.29 is 9.21 Å². The minimum absolute atomic E-state index is 0.0509. The Bertz CT molecular complexity index is 458. The summed E-state index contributed by atoms with van der Waals surface area (Å²) in [6.45, 7) is 2.79. The molecule has 1 heterocycles. The summed E-state index contributed by atoms with van der Waals surface area (Å²) in [6.07, 6.45) is 6.72. The van der Waals surface area contributed by atoms with E-state index < -0.39 is 0 Å². The lowest BCUT2D eigenvalue weighted by molar-refractivity contribution is 0.0530. The molecule has 5 heteroatoms. The summed E-state index contributed by atoms with van der Waals surface area (Å²) in [5.41, 5.74) is 5.59. The van der Waals surface area contributed by atoms with Crippen LogP contribution in [0.3, 0.4) is 0 Å². The van der Waals surface area contributed by atoms with Crippen LogP contribution in [0, 0.1) is 5.92 Å². The summed E-state index contributed by atoms with van der Waals surface area (Å²) in [7, 11) is 0. The molecule has 0 spiro atoms. The van der Waals surface area contributed by atoms with Gasteiger partial charge in [0.25, 0.3) is 5.91 Å². The van der Waals surface area contributed by atoms with Gasteiger partial charge in [0, 0.05) is 19.0 Å². The van der Waals surface area contributed by atoms with Crippen molar-refractivity contribution in [2.75, 3.05) is 6.54 Å². The fraction of sp³-hybridized carbons (Fsp3) is 0.600. The molecule has 1 fully saturated rings. The van der Waals surface area contributed by atoms with Crippen molar-refractivity contribution in [3.8, 4) is 0 Å². The van der Waals surface area contributed by atoms with E-state index in [0.717, 1.165) is 6.42 Å². The first-order valence-electron chi connectivity index (χ1n) is 7.22. The third-order valence-electron chi connectivity index (χ3n) is 4.06. The highest BCUT2D eigenvalue weighted by Crippen LogP contribution is 2.29. The summed E-state index contributed by atoms with van der Waals surface area (Å²) < 4.78 is 5.25. The predicted molar refractivity (Wildman–Crippen MR) is 82.6 cm³/mol. The molecule has 0 aliphatic heterocycles. The zero-order valence-electron chi connectivity index (χ0n) is 11.9. The van der Waals surface area contributed by atoms with Crippen molar-refractivity contribution in [2.24, 2.45) is 11.7 Å². The first-order chi connectivity index (χ1) is 9.59. The van der Waals surface area contributed by atoms with Gasteiger partial charge in [0.1, 0.15) is 0 Å². The lowest BCUT2D eigenvalue weighted by atomic mass is 9.84. The quantitative estimate of drug-likeness (QED) is 0.848. The molecule has 0 saturated heterocycles. The summed E-state index contributed by atoms with van der Waals surface area (Å²) in [4.78, 5) is 15.0. The highest BCUT2D eigenvalue weighted by atomic mass is 32.1. The maximum atomic E-state index is 12.6. The van der Waals surface area contributed by atoms with Gasteiger partial charge >= 0.3 is 0 Å². The van der Waals surface area contributed by atoms with E-state index in [4.69, 9.17) is 22.4 Å². The Labute approximate surface area is 125 Å². The number of hydrogen-bond acceptors (Lipinski definition) is 3. The van der Waals surface area contributed by atoms with E-state index in [-0.39, 0.29) is 11.9 Å². The zero-order chi connectivity index (χ0) is 14.5. The molecule has 1 aromatic rings. The molecule has 0 aromatic carbocycles. The van der Waals surface area contributed by atoms with Gasteiger partial charge in [-0.05, 0) is 30.9 Å². The van der Waals surface area contributed by atoms with E-state index in [1.165, 1.54) is 25.5 Å². The third-order valence-corrected chi connectivity index (χ3v) is 4.26. The van der Waals surface area contributed by atoms with Crippen LogP contribution < -0.4 is 5.73 Å². The molecule has 1 aliphatic carbocycles. The van der Waals surface area contributed by atoms with Crippen molar-refractivity contribution in [1.82, 2.24) is 4.90 Å². The Morgan fingerprint density at radius 2 is 2.25 bits per heavy atom. The molecule has 0 bridgehead atoms. The van der Waals surface area contributed by atoms with Crippen LogP contribution in [-0.2, 0) is 0 Å². The largest absolute Gasteiger partial charge is 0.459 e. The van der Waals surface area contributed by atoms with E-state index >= 15 is 0 Å². The van der Waals surface area contributed by atoms with E-state index in [2.05, 4.69) is 6.92 Å². The van der Waals surface area contributed by atoms with Gasteiger partial charge in [-0.15, -0.1) is 0 Å². The summed E-state index contributed by atoms with van der Waals surface area (Å²) in [5, 5.41) is 0. The molecule has 2 unspecified atom stereocenters. The van der Waals surface area contributed by atoms with Gasteiger partial charge in [-0.25, -0.2) is 0 Å². The fourth-order valence-corrected chi connectivity index (χ4v) is 3.04. The number of carbonyl (C=O) groups excluding carboxylic acids is 1. The molecular formula is C15H22N2O2S. The van der Waals surface area contributed by atoms with E-state index in [9.17, 15) is 4.79 Å². The van der Waals surface area contributed by atoms with Crippen LogP contribution in [-0.4, -0.2) is 28.4 Å². The lowest BCUT2D eigenvalue weighted by Crippen LogP contribution is -2.46. The number of nitrogens with zero attached hydrogens (tertiary/aromatic N) is 1. The van der Waals surface area contributed by atoms with Crippen molar-refractivity contribution >= 4 is 23.1 Å². The summed E-state index contributed by atoms with van der Waals surface area (Å²) in [6, 6.07) is 3.71. The Morgan fingerprint density at radius 1 is 1.50 bits per heavy atom. The monoisotopic (exact) mass is 294 g/mol. The minimum Gasteiger partial charge on any atom is -0.459 e. The van der Waals surface area contributed by atoms with Crippen LogP contribution >= 0.6 is 12.2 Å². The van der Waals surface area contributed by atoms with Gasteiger partial charge in [-0.1, -0.05) is 32.0 Å². The van der Waals surface area contributed by atoms with Crippen molar-refractivity contribution in [2.45, 2.75) is 45.1 Å². The first-order valence-corrected chi connectivity index (χ1v) is 7.63.